The highest BCUT2D eigenvalue weighted by atomic mass is 16.5. The number of carbonyl (C=O) groups is 1. The smallest absolute Gasteiger partial charge is 0.227 e. The molecule has 2 atom stereocenters. The summed E-state index contributed by atoms with van der Waals surface area (Å²) < 4.78 is 5.35. The first-order valence-corrected chi connectivity index (χ1v) is 7.01. The molecule has 1 aromatic carbocycles. The number of nitrogens with one attached hydrogen (secondary N) is 1. The van der Waals surface area contributed by atoms with E-state index in [9.17, 15) is 4.79 Å². The van der Waals surface area contributed by atoms with E-state index < -0.39 is 0 Å². The Bertz CT molecular complexity index is 499. The van der Waals surface area contributed by atoms with Crippen LogP contribution in [0, 0.1) is 5.41 Å². The van der Waals surface area contributed by atoms with Gasteiger partial charge in [0.1, 0.15) is 5.76 Å². The fourth-order valence-corrected chi connectivity index (χ4v) is 2.69. The first kappa shape index (κ1) is 14.6. The highest BCUT2D eigenvalue weighted by Crippen LogP contribution is 2.35. The zero-order valence-corrected chi connectivity index (χ0v) is 12.6. The van der Waals surface area contributed by atoms with E-state index >= 15 is 0 Å². The van der Waals surface area contributed by atoms with Crippen molar-refractivity contribution in [3.63, 3.8) is 0 Å². The van der Waals surface area contributed by atoms with Gasteiger partial charge in [-0.1, -0.05) is 51.1 Å². The Morgan fingerprint density at radius 2 is 1.85 bits per heavy atom. The van der Waals surface area contributed by atoms with Gasteiger partial charge in [-0.2, -0.15) is 0 Å². The van der Waals surface area contributed by atoms with Gasteiger partial charge in [-0.05, 0) is 17.1 Å². The minimum Gasteiger partial charge on any atom is -0.501 e. The zero-order valence-electron chi connectivity index (χ0n) is 12.6. The van der Waals surface area contributed by atoms with Crippen LogP contribution >= 0.6 is 0 Å². The van der Waals surface area contributed by atoms with Crippen molar-refractivity contribution in [1.82, 2.24) is 5.32 Å². The summed E-state index contributed by atoms with van der Waals surface area (Å²) in [4.78, 5) is 12.1. The Morgan fingerprint density at radius 1 is 1.20 bits per heavy atom. The number of hydrogen-bond acceptors (Lipinski definition) is 2. The fraction of sp³-hybridized carbons (Fsp3) is 0.471. The number of ether oxygens (including phenoxy) is 1. The molecule has 0 aliphatic carbocycles. The summed E-state index contributed by atoms with van der Waals surface area (Å²) in [5, 5.41) is 3.16. The Labute approximate surface area is 121 Å². The van der Waals surface area contributed by atoms with Gasteiger partial charge in [0.25, 0.3) is 0 Å². The van der Waals surface area contributed by atoms with Crippen LogP contribution in [0.1, 0.15) is 38.7 Å². The van der Waals surface area contributed by atoms with Crippen LogP contribution < -0.4 is 5.32 Å². The average molecular weight is 273 g/mol. The number of amides is 1. The van der Waals surface area contributed by atoms with Crippen LogP contribution in [0.15, 0.2) is 42.2 Å². The Morgan fingerprint density at radius 3 is 2.40 bits per heavy atom. The number of rotatable bonds is 2. The predicted octanol–water partition coefficient (Wildman–Crippen LogP) is 3.24. The van der Waals surface area contributed by atoms with Gasteiger partial charge < -0.3 is 10.1 Å². The lowest BCUT2D eigenvalue weighted by molar-refractivity contribution is -0.122. The van der Waals surface area contributed by atoms with Crippen LogP contribution in [0.2, 0.25) is 0 Å². The average Bonchev–Trinajstić information content (AvgIpc) is 2.58. The maximum absolute atomic E-state index is 12.1. The van der Waals surface area contributed by atoms with Crippen LogP contribution in [0.5, 0.6) is 0 Å². The van der Waals surface area contributed by atoms with Crippen LogP contribution in [0.3, 0.4) is 0 Å². The van der Waals surface area contributed by atoms with Gasteiger partial charge in [0, 0.05) is 12.0 Å². The van der Waals surface area contributed by atoms with E-state index in [1.54, 1.807) is 7.11 Å². The van der Waals surface area contributed by atoms with Gasteiger partial charge in [-0.3, -0.25) is 4.79 Å². The van der Waals surface area contributed by atoms with Gasteiger partial charge in [-0.15, -0.1) is 0 Å². The molecule has 0 unspecified atom stereocenters. The molecular formula is C17H23NO2. The van der Waals surface area contributed by atoms with Crippen molar-refractivity contribution in [2.24, 2.45) is 5.41 Å². The Hall–Kier alpha value is -1.77. The first-order valence-electron chi connectivity index (χ1n) is 7.01. The summed E-state index contributed by atoms with van der Waals surface area (Å²) in [5.41, 5.74) is 1.17. The number of hydrogen-bond donors (Lipinski definition) is 1. The molecule has 0 radical (unpaired) electrons. The molecule has 1 aliphatic rings. The second-order valence-corrected chi connectivity index (χ2v) is 6.36. The first-order chi connectivity index (χ1) is 9.41. The molecule has 20 heavy (non-hydrogen) atoms. The van der Waals surface area contributed by atoms with E-state index in [2.05, 4.69) is 44.3 Å². The predicted molar refractivity (Wildman–Crippen MR) is 80.3 cm³/mol. The summed E-state index contributed by atoms with van der Waals surface area (Å²) in [6.45, 7) is 6.46. The SMILES string of the molecule is COC1=C[C@@H](c2ccccc2)[C@@H](C(C)(C)C)NC(=O)C1. The van der Waals surface area contributed by atoms with Crippen molar-refractivity contribution in [2.45, 2.75) is 39.2 Å². The Balaban J connectivity index is 2.47. The fourth-order valence-electron chi connectivity index (χ4n) is 2.69. The lowest BCUT2D eigenvalue weighted by Gasteiger charge is -2.35. The van der Waals surface area contributed by atoms with Crippen molar-refractivity contribution in [2.75, 3.05) is 7.11 Å². The van der Waals surface area contributed by atoms with Crippen molar-refractivity contribution < 1.29 is 9.53 Å². The quantitative estimate of drug-likeness (QED) is 0.898. The van der Waals surface area contributed by atoms with E-state index in [4.69, 9.17) is 4.74 Å². The van der Waals surface area contributed by atoms with Crippen LogP contribution in [0.25, 0.3) is 0 Å². The summed E-state index contributed by atoms with van der Waals surface area (Å²) in [6.07, 6.45) is 2.40. The van der Waals surface area contributed by atoms with Gasteiger partial charge in [0.2, 0.25) is 5.91 Å². The van der Waals surface area contributed by atoms with Crippen molar-refractivity contribution in [3.05, 3.63) is 47.7 Å². The molecule has 0 bridgehead atoms. The van der Waals surface area contributed by atoms with E-state index in [0.29, 0.717) is 6.42 Å². The molecule has 1 N–H and O–H groups in total. The van der Waals surface area contributed by atoms with Crippen molar-refractivity contribution in [1.29, 1.82) is 0 Å². The monoisotopic (exact) mass is 273 g/mol. The van der Waals surface area contributed by atoms with E-state index in [1.165, 1.54) is 5.56 Å². The molecule has 3 heteroatoms. The minimum absolute atomic E-state index is 0.0245. The molecule has 1 heterocycles. The highest BCUT2D eigenvalue weighted by Gasteiger charge is 2.35. The third kappa shape index (κ3) is 3.21. The summed E-state index contributed by atoms with van der Waals surface area (Å²) in [7, 11) is 1.62. The highest BCUT2D eigenvalue weighted by molar-refractivity contribution is 5.79. The third-order valence-electron chi connectivity index (χ3n) is 3.76. The second kappa shape index (κ2) is 5.70. The van der Waals surface area contributed by atoms with Gasteiger partial charge in [0.15, 0.2) is 0 Å². The maximum atomic E-state index is 12.1. The molecule has 0 saturated heterocycles. The van der Waals surface area contributed by atoms with Gasteiger partial charge >= 0.3 is 0 Å². The number of methoxy groups -OCH3 is 1. The largest absolute Gasteiger partial charge is 0.501 e. The molecule has 0 aromatic heterocycles. The molecule has 108 valence electrons. The number of carbonyl (C=O) groups excluding carboxylic acids is 1. The van der Waals surface area contributed by atoms with Gasteiger partial charge in [0.05, 0.1) is 13.5 Å². The summed E-state index contributed by atoms with van der Waals surface area (Å²) >= 11 is 0. The molecule has 1 aromatic rings. The molecule has 0 saturated carbocycles. The van der Waals surface area contributed by atoms with Crippen LogP contribution in [-0.4, -0.2) is 19.1 Å². The lowest BCUT2D eigenvalue weighted by atomic mass is 9.76. The molecule has 1 amide bonds. The van der Waals surface area contributed by atoms with Gasteiger partial charge in [-0.25, -0.2) is 0 Å². The minimum atomic E-state index is -0.0319. The molecule has 1 aliphatic heterocycles. The topological polar surface area (TPSA) is 38.3 Å². The maximum Gasteiger partial charge on any atom is 0.227 e. The molecule has 2 rings (SSSR count). The van der Waals surface area contributed by atoms with Crippen LogP contribution in [0.4, 0.5) is 0 Å². The normalized spacial score (nSPS) is 23.6. The summed E-state index contributed by atoms with van der Waals surface area (Å²) in [5.74, 6) is 0.886. The standard InChI is InChI=1S/C17H23NO2/c1-17(2,3)16-14(12-8-6-5-7-9-12)10-13(20-4)11-15(19)18-16/h5-10,14,16H,11H2,1-4H3,(H,18,19)/t14-,16-/m0/s1. The van der Waals surface area contributed by atoms with Crippen molar-refractivity contribution in [3.8, 4) is 0 Å². The molecule has 0 fully saturated rings. The second-order valence-electron chi connectivity index (χ2n) is 6.36. The van der Waals surface area contributed by atoms with Crippen molar-refractivity contribution >= 4 is 5.91 Å². The third-order valence-corrected chi connectivity index (χ3v) is 3.76. The molecule has 3 nitrogen and oxygen atoms in total. The lowest BCUT2D eigenvalue weighted by Crippen LogP contribution is -2.46. The molecular weight excluding hydrogens is 250 g/mol. The van der Waals surface area contributed by atoms with E-state index in [1.807, 2.05) is 18.2 Å². The Kier molecular flexibility index (Phi) is 4.17. The van der Waals surface area contributed by atoms with E-state index in [0.717, 1.165) is 5.76 Å². The van der Waals surface area contributed by atoms with Crippen LogP contribution in [-0.2, 0) is 9.53 Å². The number of benzene rings is 1. The summed E-state index contributed by atoms with van der Waals surface area (Å²) in [6, 6.07) is 10.3. The molecule has 0 spiro atoms. The zero-order chi connectivity index (χ0) is 14.8. The van der Waals surface area contributed by atoms with E-state index in [-0.39, 0.29) is 23.3 Å².